The van der Waals surface area contributed by atoms with Crippen molar-refractivity contribution < 1.29 is 0 Å². The fourth-order valence-corrected chi connectivity index (χ4v) is 1.23. The molecule has 0 atom stereocenters. The molecule has 0 saturated heterocycles. The van der Waals surface area contributed by atoms with Crippen molar-refractivity contribution in [3.63, 3.8) is 0 Å². The lowest BCUT2D eigenvalue weighted by Gasteiger charge is -1.99. The number of aromatic nitrogens is 4. The third kappa shape index (κ3) is 2.19. The smallest absolute Gasteiger partial charge is 0.203 e. The number of hydrogen-bond acceptors (Lipinski definition) is 5. The Morgan fingerprint density at radius 1 is 1.07 bits per heavy atom. The molecular formula is C10H9N5. The second-order valence-corrected chi connectivity index (χ2v) is 2.98. The van der Waals surface area contributed by atoms with Crippen LogP contribution in [-0.4, -0.2) is 26.6 Å². The summed E-state index contributed by atoms with van der Waals surface area (Å²) in [7, 11) is 0. The number of nitrogens with zero attached hydrogens (tertiary/aromatic N) is 4. The minimum absolute atomic E-state index is 0.513. The van der Waals surface area contributed by atoms with E-state index in [2.05, 4.69) is 20.4 Å². The summed E-state index contributed by atoms with van der Waals surface area (Å²) in [5.74, 6) is 0.513. The van der Waals surface area contributed by atoms with Crippen LogP contribution in [0.4, 0.5) is 0 Å². The zero-order chi connectivity index (χ0) is 10.5. The first-order valence-electron chi connectivity index (χ1n) is 4.49. The molecule has 15 heavy (non-hydrogen) atoms. The fourth-order valence-electron chi connectivity index (χ4n) is 1.23. The van der Waals surface area contributed by atoms with Gasteiger partial charge in [-0.2, -0.15) is 0 Å². The van der Waals surface area contributed by atoms with Crippen molar-refractivity contribution in [2.45, 2.75) is 6.42 Å². The lowest BCUT2D eigenvalue weighted by atomic mass is 10.1. The highest BCUT2D eigenvalue weighted by Crippen LogP contribution is 2.13. The molecule has 5 heteroatoms. The largest absolute Gasteiger partial charge is 0.313 e. The van der Waals surface area contributed by atoms with E-state index in [-0.39, 0.29) is 0 Å². The van der Waals surface area contributed by atoms with E-state index in [9.17, 15) is 0 Å². The van der Waals surface area contributed by atoms with Crippen LogP contribution in [0.1, 0.15) is 5.56 Å². The number of benzene rings is 1. The highest BCUT2D eigenvalue weighted by atomic mass is 15.3. The number of hydrogen-bond donors (Lipinski definition) is 1. The van der Waals surface area contributed by atoms with Gasteiger partial charge in [-0.25, -0.2) is 0 Å². The molecule has 0 saturated carbocycles. The van der Waals surface area contributed by atoms with Gasteiger partial charge in [0, 0.05) is 12.0 Å². The third-order valence-electron chi connectivity index (χ3n) is 1.96. The van der Waals surface area contributed by atoms with Crippen molar-refractivity contribution in [2.75, 3.05) is 0 Å². The lowest BCUT2D eigenvalue weighted by molar-refractivity contribution is 0.864. The Kier molecular flexibility index (Phi) is 2.73. The van der Waals surface area contributed by atoms with Crippen LogP contribution in [0.15, 0.2) is 30.6 Å². The zero-order valence-electron chi connectivity index (χ0n) is 7.96. The van der Waals surface area contributed by atoms with Crippen LogP contribution >= 0.6 is 0 Å². The Hall–Kier alpha value is -2.17. The second-order valence-electron chi connectivity index (χ2n) is 2.98. The Morgan fingerprint density at radius 3 is 2.33 bits per heavy atom. The average Bonchev–Trinajstić information content (AvgIpc) is 2.32. The lowest BCUT2D eigenvalue weighted by Crippen LogP contribution is -1.94. The van der Waals surface area contributed by atoms with E-state index in [0.29, 0.717) is 12.2 Å². The van der Waals surface area contributed by atoms with Crippen molar-refractivity contribution in [1.82, 2.24) is 20.4 Å². The maximum absolute atomic E-state index is 6.99. The Morgan fingerprint density at radius 2 is 1.73 bits per heavy atom. The van der Waals surface area contributed by atoms with Crippen LogP contribution in [0.25, 0.3) is 11.4 Å². The first-order chi connectivity index (χ1) is 7.40. The predicted molar refractivity (Wildman–Crippen MR) is 55.5 cm³/mol. The van der Waals surface area contributed by atoms with Gasteiger partial charge in [-0.15, -0.1) is 20.4 Å². The van der Waals surface area contributed by atoms with Crippen molar-refractivity contribution >= 4 is 6.21 Å². The van der Waals surface area contributed by atoms with Crippen LogP contribution in [0.5, 0.6) is 0 Å². The summed E-state index contributed by atoms with van der Waals surface area (Å²) in [4.78, 5) is 0. The molecule has 1 aromatic carbocycles. The molecule has 2 rings (SSSR count). The summed E-state index contributed by atoms with van der Waals surface area (Å²) >= 11 is 0. The highest BCUT2D eigenvalue weighted by molar-refractivity contribution is 5.60. The van der Waals surface area contributed by atoms with Crippen molar-refractivity contribution in [2.24, 2.45) is 0 Å². The monoisotopic (exact) mass is 199 g/mol. The third-order valence-corrected chi connectivity index (χ3v) is 1.96. The molecule has 0 fully saturated rings. The van der Waals surface area contributed by atoms with Crippen molar-refractivity contribution in [3.05, 3.63) is 36.2 Å². The standard InChI is InChI=1S/C10H9N5/c11-6-5-8-1-3-9(4-2-8)10-14-12-7-13-15-10/h1-4,6-7,11H,5H2. The molecule has 0 aliphatic heterocycles. The maximum atomic E-state index is 6.99. The van der Waals surface area contributed by atoms with Gasteiger partial charge < -0.3 is 5.41 Å². The first kappa shape index (κ1) is 9.39. The summed E-state index contributed by atoms with van der Waals surface area (Å²) in [6, 6.07) is 7.68. The molecular weight excluding hydrogens is 190 g/mol. The fraction of sp³-hybridized carbons (Fsp3) is 0.100. The topological polar surface area (TPSA) is 75.4 Å². The number of rotatable bonds is 3. The van der Waals surface area contributed by atoms with E-state index in [1.54, 1.807) is 0 Å². The Bertz CT molecular complexity index is 437. The molecule has 0 aliphatic rings. The number of nitrogens with one attached hydrogen (secondary N) is 1. The van der Waals surface area contributed by atoms with E-state index in [0.717, 1.165) is 11.1 Å². The minimum atomic E-state index is 0.513. The maximum Gasteiger partial charge on any atom is 0.203 e. The highest BCUT2D eigenvalue weighted by Gasteiger charge is 2.00. The van der Waals surface area contributed by atoms with Crippen LogP contribution in [0.2, 0.25) is 0 Å². The molecule has 5 nitrogen and oxygen atoms in total. The van der Waals surface area contributed by atoms with E-state index in [1.165, 1.54) is 12.5 Å². The van der Waals surface area contributed by atoms with Gasteiger partial charge in [0.2, 0.25) is 5.82 Å². The molecule has 1 aromatic heterocycles. The van der Waals surface area contributed by atoms with Crippen LogP contribution in [0.3, 0.4) is 0 Å². The summed E-state index contributed by atoms with van der Waals surface area (Å²) in [5, 5.41) is 22.0. The van der Waals surface area contributed by atoms with Crippen LogP contribution < -0.4 is 0 Å². The molecule has 0 radical (unpaired) electrons. The van der Waals surface area contributed by atoms with Crippen LogP contribution in [0, 0.1) is 5.41 Å². The Labute approximate surface area is 86.7 Å². The molecule has 0 aliphatic carbocycles. The van der Waals surface area contributed by atoms with Gasteiger partial charge in [0.1, 0.15) is 0 Å². The molecule has 74 valence electrons. The molecule has 0 unspecified atom stereocenters. The van der Waals surface area contributed by atoms with Gasteiger partial charge in [0.25, 0.3) is 0 Å². The van der Waals surface area contributed by atoms with Gasteiger partial charge in [-0.3, -0.25) is 0 Å². The van der Waals surface area contributed by atoms with E-state index in [4.69, 9.17) is 5.41 Å². The normalized spacial score (nSPS) is 9.87. The van der Waals surface area contributed by atoms with E-state index in [1.807, 2.05) is 24.3 Å². The molecule has 0 amide bonds. The zero-order valence-corrected chi connectivity index (χ0v) is 7.96. The van der Waals surface area contributed by atoms with Gasteiger partial charge in [0.15, 0.2) is 6.33 Å². The van der Waals surface area contributed by atoms with Crippen molar-refractivity contribution in [1.29, 1.82) is 5.41 Å². The van der Waals surface area contributed by atoms with Crippen molar-refractivity contribution in [3.8, 4) is 11.4 Å². The molecule has 1 heterocycles. The van der Waals surface area contributed by atoms with Crippen LogP contribution in [-0.2, 0) is 6.42 Å². The summed E-state index contributed by atoms with van der Waals surface area (Å²) in [5.41, 5.74) is 1.97. The van der Waals surface area contributed by atoms with Gasteiger partial charge in [-0.1, -0.05) is 24.3 Å². The first-order valence-corrected chi connectivity index (χ1v) is 4.49. The quantitative estimate of drug-likeness (QED) is 0.752. The Balaban J connectivity index is 2.28. The molecule has 0 spiro atoms. The second kappa shape index (κ2) is 4.36. The summed E-state index contributed by atoms with van der Waals surface area (Å²) < 4.78 is 0. The van der Waals surface area contributed by atoms with Gasteiger partial charge in [0.05, 0.1) is 0 Å². The molecule has 2 aromatic rings. The van der Waals surface area contributed by atoms with E-state index < -0.39 is 0 Å². The van der Waals surface area contributed by atoms with Gasteiger partial charge >= 0.3 is 0 Å². The van der Waals surface area contributed by atoms with Gasteiger partial charge in [-0.05, 0) is 11.8 Å². The summed E-state index contributed by atoms with van der Waals surface area (Å²) in [6.07, 6.45) is 3.32. The molecule has 0 bridgehead atoms. The van der Waals surface area contributed by atoms with E-state index >= 15 is 0 Å². The SMILES string of the molecule is N=CCc1ccc(-c2nncnn2)cc1. The average molecular weight is 199 g/mol. The summed E-state index contributed by atoms with van der Waals surface area (Å²) in [6.45, 7) is 0. The predicted octanol–water partition coefficient (Wildman–Crippen LogP) is 1.13. The molecule has 1 N–H and O–H groups in total. The minimum Gasteiger partial charge on any atom is -0.313 e.